The molecule has 0 unspecified atom stereocenters. The summed E-state index contributed by atoms with van der Waals surface area (Å²) in [5.41, 5.74) is 5.03. The number of para-hydroxylation sites is 3. The summed E-state index contributed by atoms with van der Waals surface area (Å²) in [6, 6.07) is 47.9. The van der Waals surface area contributed by atoms with Crippen LogP contribution in [0.3, 0.4) is 0 Å². The molecule has 8 heteroatoms. The van der Waals surface area contributed by atoms with Crippen molar-refractivity contribution in [2.24, 2.45) is 0 Å². The Morgan fingerprint density at radius 3 is 1.44 bits per heavy atom. The number of furan rings is 2. The third kappa shape index (κ3) is 5.24. The topological polar surface area (TPSA) is 73.8 Å². The number of hydrogen-bond acceptors (Lipinski definition) is 7. The molecule has 0 N–H and O–H groups in total. The van der Waals surface area contributed by atoms with Gasteiger partial charge in [0.2, 0.25) is 11.8 Å². The molecule has 4 aromatic heterocycles. The van der Waals surface area contributed by atoms with Gasteiger partial charge in [-0.2, -0.15) is 0 Å². The normalized spacial score (nSPS) is 11.2. The summed E-state index contributed by atoms with van der Waals surface area (Å²) in [7, 11) is 0. The third-order valence-electron chi connectivity index (χ3n) is 7.89. The Balaban J connectivity index is 0.00000336. The number of fused-ring (bicyclic) bond motifs is 6. The first kappa shape index (κ1) is 29.5. The van der Waals surface area contributed by atoms with Gasteiger partial charge in [-0.1, -0.05) is 101 Å². The Morgan fingerprint density at radius 2 is 0.958 bits per heavy atom. The van der Waals surface area contributed by atoms with Crippen LogP contribution in [0.25, 0.3) is 43.9 Å². The summed E-state index contributed by atoms with van der Waals surface area (Å²) in [6.07, 6.45) is 3.38. The molecule has 0 saturated carbocycles. The first-order valence-electron chi connectivity index (χ1n) is 15.1. The van der Waals surface area contributed by atoms with Crippen molar-refractivity contribution in [3.05, 3.63) is 152 Å². The molecule has 0 atom stereocenters. The Hall–Kier alpha value is -5.91. The minimum absolute atomic E-state index is 0. The smallest absolute Gasteiger partial charge is 0.483 e. The van der Waals surface area contributed by atoms with E-state index >= 15 is 0 Å². The van der Waals surface area contributed by atoms with Gasteiger partial charge in [0.15, 0.2) is 0 Å². The zero-order valence-corrected chi connectivity index (χ0v) is 27.3. The second-order valence-electron chi connectivity index (χ2n) is 10.9. The van der Waals surface area contributed by atoms with Crippen LogP contribution in [-0.4, -0.2) is 9.97 Å². The monoisotopic (exact) mass is 804 g/mol. The van der Waals surface area contributed by atoms with E-state index in [2.05, 4.69) is 27.0 Å². The molecule has 232 valence electrons. The van der Waals surface area contributed by atoms with Crippen molar-refractivity contribution in [1.29, 1.82) is 0 Å². The number of nitrogens with zero attached hydrogens (tertiary/aromatic N) is 3. The third-order valence-corrected chi connectivity index (χ3v) is 7.89. The molecule has 5 aromatic carbocycles. The standard InChI is InChI=1S/C40H23N3O4.Pt/c1-2-12-26(13-3-1)43(31-22-27(44-37-18-8-10-20-41-37)24-35-39(31)29-14-4-6-16-33(29)46-35)32-23-28(45-38-19-9-11-21-42-38)25-36-40(32)30-15-5-7-17-34(30)47-36;/h1-21,24-25H;/q-2;+2. The van der Waals surface area contributed by atoms with Gasteiger partial charge in [0.05, 0.1) is 0 Å². The molecule has 0 saturated heterocycles. The average Bonchev–Trinajstić information content (AvgIpc) is 3.68. The van der Waals surface area contributed by atoms with E-state index in [-0.39, 0.29) is 21.1 Å². The molecular formula is C40H23N3O4Pt. The summed E-state index contributed by atoms with van der Waals surface area (Å²) in [5.74, 6) is 1.77. The molecule has 48 heavy (non-hydrogen) atoms. The van der Waals surface area contributed by atoms with Gasteiger partial charge < -0.3 is 23.2 Å². The van der Waals surface area contributed by atoms with E-state index in [1.165, 1.54) is 0 Å². The van der Waals surface area contributed by atoms with Crippen LogP contribution in [0.15, 0.2) is 149 Å². The molecule has 7 nitrogen and oxygen atoms in total. The predicted molar refractivity (Wildman–Crippen MR) is 182 cm³/mol. The minimum Gasteiger partial charge on any atom is -0.483 e. The molecular weight excluding hydrogens is 782 g/mol. The van der Waals surface area contributed by atoms with Crippen LogP contribution in [0.2, 0.25) is 0 Å². The van der Waals surface area contributed by atoms with Crippen molar-refractivity contribution < 1.29 is 39.4 Å². The van der Waals surface area contributed by atoms with E-state index < -0.39 is 0 Å². The van der Waals surface area contributed by atoms with Gasteiger partial charge in [0, 0.05) is 52.9 Å². The first-order chi connectivity index (χ1) is 23.3. The fraction of sp³-hybridized carbons (Fsp3) is 0. The Morgan fingerprint density at radius 1 is 0.500 bits per heavy atom. The van der Waals surface area contributed by atoms with Crippen molar-refractivity contribution in [2.75, 3.05) is 4.90 Å². The first-order valence-corrected chi connectivity index (χ1v) is 15.1. The molecule has 9 aromatic rings. The second-order valence-corrected chi connectivity index (χ2v) is 10.9. The van der Waals surface area contributed by atoms with Crippen LogP contribution in [0.5, 0.6) is 23.3 Å². The van der Waals surface area contributed by atoms with E-state index in [1.54, 1.807) is 24.5 Å². The van der Waals surface area contributed by atoms with Gasteiger partial charge >= 0.3 is 21.1 Å². The van der Waals surface area contributed by atoms with Crippen molar-refractivity contribution >= 4 is 60.9 Å². The van der Waals surface area contributed by atoms with Gasteiger partial charge in [-0.05, 0) is 47.2 Å². The molecule has 0 spiro atoms. The Bertz CT molecular complexity index is 2370. The number of benzene rings is 5. The number of hydrogen-bond donors (Lipinski definition) is 0. The Kier molecular flexibility index (Phi) is 7.59. The van der Waals surface area contributed by atoms with Gasteiger partial charge in [-0.25, -0.2) is 9.97 Å². The molecule has 0 aliphatic heterocycles. The molecule has 0 bridgehead atoms. The molecule has 0 fully saturated rings. The fourth-order valence-electron chi connectivity index (χ4n) is 5.92. The fourth-order valence-corrected chi connectivity index (χ4v) is 5.92. The zero-order valence-electron chi connectivity index (χ0n) is 25.1. The second kappa shape index (κ2) is 12.4. The van der Waals surface area contributed by atoms with Crippen LogP contribution in [-0.2, 0) is 21.1 Å². The number of anilines is 3. The Labute approximate surface area is 289 Å². The van der Waals surface area contributed by atoms with Gasteiger partial charge in [-0.15, -0.1) is 12.1 Å². The van der Waals surface area contributed by atoms with Crippen LogP contribution >= 0.6 is 0 Å². The number of rotatable bonds is 7. The maximum absolute atomic E-state index is 6.43. The number of aromatic nitrogens is 2. The molecule has 4 heterocycles. The summed E-state index contributed by atoms with van der Waals surface area (Å²) < 4.78 is 25.4. The summed E-state index contributed by atoms with van der Waals surface area (Å²) in [6.45, 7) is 0. The zero-order chi connectivity index (χ0) is 31.2. The van der Waals surface area contributed by atoms with Crippen LogP contribution < -0.4 is 14.4 Å². The number of ether oxygens (including phenoxy) is 2. The minimum atomic E-state index is 0. The molecule has 0 aliphatic carbocycles. The quantitative estimate of drug-likeness (QED) is 0.149. The molecule has 9 rings (SSSR count). The predicted octanol–water partition coefficient (Wildman–Crippen LogP) is 10.9. The van der Waals surface area contributed by atoms with Crippen molar-refractivity contribution in [1.82, 2.24) is 9.97 Å². The van der Waals surface area contributed by atoms with Crippen molar-refractivity contribution in [2.45, 2.75) is 0 Å². The van der Waals surface area contributed by atoms with Crippen LogP contribution in [0.1, 0.15) is 0 Å². The maximum Gasteiger partial charge on any atom is 2.00 e. The van der Waals surface area contributed by atoms with Gasteiger partial charge in [0.1, 0.15) is 11.2 Å². The van der Waals surface area contributed by atoms with E-state index in [0.29, 0.717) is 45.8 Å². The van der Waals surface area contributed by atoms with E-state index in [4.69, 9.17) is 18.3 Å². The van der Waals surface area contributed by atoms with Crippen molar-refractivity contribution in [3.8, 4) is 23.3 Å². The van der Waals surface area contributed by atoms with Crippen LogP contribution in [0, 0.1) is 12.1 Å². The average molecular weight is 805 g/mol. The molecule has 0 aliphatic rings. The molecule has 0 amide bonds. The van der Waals surface area contributed by atoms with E-state index in [0.717, 1.165) is 38.4 Å². The van der Waals surface area contributed by atoms with Gasteiger partial charge in [0.25, 0.3) is 0 Å². The summed E-state index contributed by atoms with van der Waals surface area (Å²) >= 11 is 0. The summed E-state index contributed by atoms with van der Waals surface area (Å²) in [4.78, 5) is 10.9. The van der Waals surface area contributed by atoms with Crippen LogP contribution in [0.4, 0.5) is 17.1 Å². The van der Waals surface area contributed by atoms with E-state index in [9.17, 15) is 0 Å². The summed E-state index contributed by atoms with van der Waals surface area (Å²) in [5, 5.41) is 3.60. The van der Waals surface area contributed by atoms with Crippen molar-refractivity contribution in [3.63, 3.8) is 0 Å². The van der Waals surface area contributed by atoms with E-state index in [1.807, 2.05) is 115 Å². The van der Waals surface area contributed by atoms with Gasteiger partial charge in [-0.3, -0.25) is 0 Å². The largest absolute Gasteiger partial charge is 2.00 e. The maximum atomic E-state index is 6.43. The number of pyridine rings is 2. The molecule has 0 radical (unpaired) electrons. The SMILES string of the molecule is [Pt+2].[c-]1c(Oc2ccccn2)cc2oc3ccccc3c2c1N(c1ccccc1)c1[c-]c(Oc2ccccn2)cc2oc3ccccc3c12.